The van der Waals surface area contributed by atoms with E-state index in [0.29, 0.717) is 0 Å². The van der Waals surface area contributed by atoms with Gasteiger partial charge in [-0.1, -0.05) is 11.6 Å². The Labute approximate surface area is 73.1 Å². The predicted octanol–water partition coefficient (Wildman–Crippen LogP) is 2.12. The first-order valence-electron chi connectivity index (χ1n) is 2.99. The van der Waals surface area contributed by atoms with E-state index in [1.807, 2.05) is 0 Å². The van der Waals surface area contributed by atoms with Crippen LogP contribution in [0.4, 0.5) is 5.69 Å². The Balaban J connectivity index is 3.28. The fourth-order valence-electron chi connectivity index (χ4n) is 0.722. The quantitative estimate of drug-likeness (QED) is 0.381. The average Bonchev–Trinajstić information content (AvgIpc) is 2.05. The van der Waals surface area contributed by atoms with Crippen LogP contribution in [0.15, 0.2) is 18.2 Å². The summed E-state index contributed by atoms with van der Waals surface area (Å²) in [7, 11) is 0. The molecule has 0 aliphatic heterocycles. The third-order valence-corrected chi connectivity index (χ3v) is 1.59. The molecule has 0 saturated carbocycles. The Morgan fingerprint density at radius 2 is 2.25 bits per heavy atom. The zero-order valence-corrected chi connectivity index (χ0v) is 6.58. The Hall–Kier alpha value is -1.60. The summed E-state index contributed by atoms with van der Waals surface area (Å²) in [5, 5.41) is 18.8. The molecule has 12 heavy (non-hydrogen) atoms. The van der Waals surface area contributed by atoms with E-state index in [9.17, 15) is 10.1 Å². The summed E-state index contributed by atoms with van der Waals surface area (Å²) >= 11 is 5.50. The number of nitrogens with zero attached hydrogens (tertiary/aromatic N) is 2. The van der Waals surface area contributed by atoms with Gasteiger partial charge in [0.25, 0.3) is 5.69 Å². The highest BCUT2D eigenvalue weighted by molar-refractivity contribution is 6.32. The molecule has 0 unspecified atom stereocenters. The van der Waals surface area contributed by atoms with E-state index in [4.69, 9.17) is 16.9 Å². The van der Waals surface area contributed by atoms with Gasteiger partial charge in [0, 0.05) is 6.07 Å². The van der Waals surface area contributed by atoms with Gasteiger partial charge in [0.15, 0.2) is 0 Å². The lowest BCUT2D eigenvalue weighted by molar-refractivity contribution is -0.384. The second kappa shape index (κ2) is 3.20. The van der Waals surface area contributed by atoms with Gasteiger partial charge in [0.05, 0.1) is 16.6 Å². The number of halogens is 1. The molecule has 60 valence electrons. The average molecular weight is 184 g/mol. The Morgan fingerprint density at radius 1 is 1.58 bits per heavy atom. The summed E-state index contributed by atoms with van der Waals surface area (Å²) in [6.45, 7) is 0. The van der Waals surface area contributed by atoms with Crippen LogP contribution in [0.25, 0.3) is 0 Å². The van der Waals surface area contributed by atoms with E-state index < -0.39 is 4.92 Å². The highest BCUT2D eigenvalue weighted by atomic mass is 35.5. The van der Waals surface area contributed by atoms with Gasteiger partial charge < -0.3 is 0 Å². The minimum Gasteiger partial charge on any atom is -0.258 e. The zero-order chi connectivity index (χ0) is 9.14. The molecular formula is C7H3ClN2O2. The summed E-state index contributed by atoms with van der Waals surface area (Å²) in [5.74, 6) is 0. The summed E-state index contributed by atoms with van der Waals surface area (Å²) in [6, 6.07) is 5.69. The van der Waals surface area contributed by atoms with Crippen molar-refractivity contribution in [2.24, 2.45) is 0 Å². The van der Waals surface area contributed by atoms with E-state index in [1.54, 1.807) is 6.07 Å². The van der Waals surface area contributed by atoms with Crippen molar-refractivity contribution in [3.63, 3.8) is 0 Å². The lowest BCUT2D eigenvalue weighted by atomic mass is 10.2. The van der Waals surface area contributed by atoms with Gasteiger partial charge in [-0.3, -0.25) is 10.1 Å². The molecule has 1 aromatic carbocycles. The van der Waals surface area contributed by atoms with E-state index in [1.165, 1.54) is 12.1 Å². The Morgan fingerprint density at radius 3 is 2.75 bits per heavy atom. The van der Waals surface area contributed by atoms with Crippen molar-refractivity contribution in [2.75, 3.05) is 0 Å². The summed E-state index contributed by atoms with van der Waals surface area (Å²) in [4.78, 5) is 9.68. The third kappa shape index (κ3) is 1.52. The fourth-order valence-corrected chi connectivity index (χ4v) is 0.909. The lowest BCUT2D eigenvalue weighted by Crippen LogP contribution is -1.89. The monoisotopic (exact) mass is 183 g/mol. The van der Waals surface area contributed by atoms with Crippen molar-refractivity contribution in [3.8, 4) is 6.07 Å². The predicted molar refractivity (Wildman–Crippen MR) is 42.8 cm³/mol. The number of rotatable bonds is 1. The Kier molecular flexibility index (Phi) is 2.26. The number of hydrogen-bond donors (Lipinski definition) is 0. The van der Waals surface area contributed by atoms with Crippen LogP contribution >= 0.6 is 11.6 Å². The molecule has 0 saturated heterocycles. The molecule has 0 aromatic heterocycles. The lowest BCUT2D eigenvalue weighted by Gasteiger charge is -1.93. The minimum absolute atomic E-state index is 0.0407. The van der Waals surface area contributed by atoms with E-state index in [0.717, 1.165) is 6.07 Å². The van der Waals surface area contributed by atoms with Crippen LogP contribution in [0.1, 0.15) is 5.56 Å². The van der Waals surface area contributed by atoms with Crippen LogP contribution < -0.4 is 0 Å². The molecule has 0 radical (unpaired) electrons. The van der Waals surface area contributed by atoms with Crippen LogP contribution in [0, 0.1) is 21.4 Å². The first-order valence-corrected chi connectivity index (χ1v) is 3.37. The largest absolute Gasteiger partial charge is 0.289 e. The molecule has 0 heterocycles. The highest BCUT2D eigenvalue weighted by Gasteiger charge is 2.11. The van der Waals surface area contributed by atoms with Gasteiger partial charge in [-0.2, -0.15) is 5.26 Å². The molecule has 0 aliphatic rings. The van der Waals surface area contributed by atoms with E-state index in [2.05, 4.69) is 0 Å². The minimum atomic E-state index is -0.622. The van der Waals surface area contributed by atoms with Crippen LogP contribution in [-0.2, 0) is 0 Å². The van der Waals surface area contributed by atoms with Crippen molar-refractivity contribution in [3.05, 3.63) is 38.9 Å². The molecular weight excluding hydrogens is 181 g/mol. The number of hydrogen-bond acceptors (Lipinski definition) is 3. The first kappa shape index (κ1) is 8.50. The van der Waals surface area contributed by atoms with Crippen LogP contribution in [0.2, 0.25) is 5.02 Å². The van der Waals surface area contributed by atoms with Crippen molar-refractivity contribution < 1.29 is 4.92 Å². The number of nitro groups is 1. The second-order valence-corrected chi connectivity index (χ2v) is 2.44. The van der Waals surface area contributed by atoms with Crippen molar-refractivity contribution in [1.82, 2.24) is 0 Å². The molecule has 0 N–H and O–H groups in total. The summed E-state index contributed by atoms with van der Waals surface area (Å²) in [5.41, 5.74) is -0.0122. The fraction of sp³-hybridized carbons (Fsp3) is 0. The number of benzene rings is 1. The zero-order valence-electron chi connectivity index (χ0n) is 5.82. The molecule has 5 heteroatoms. The van der Waals surface area contributed by atoms with Gasteiger partial charge in [-0.15, -0.1) is 0 Å². The van der Waals surface area contributed by atoms with Crippen LogP contribution in [0.5, 0.6) is 0 Å². The molecule has 0 fully saturated rings. The normalized spacial score (nSPS) is 9.00. The topological polar surface area (TPSA) is 66.9 Å². The van der Waals surface area contributed by atoms with Crippen molar-refractivity contribution in [1.29, 1.82) is 5.26 Å². The first-order chi connectivity index (χ1) is 5.65. The van der Waals surface area contributed by atoms with Gasteiger partial charge in [-0.05, 0) is 12.1 Å². The molecule has 0 bridgehead atoms. The van der Waals surface area contributed by atoms with Crippen LogP contribution in [-0.4, -0.2) is 4.92 Å². The van der Waals surface area contributed by atoms with Gasteiger partial charge in [0.2, 0.25) is 0 Å². The molecule has 0 aliphatic carbocycles. The summed E-state index contributed by atoms with van der Waals surface area (Å²) in [6.07, 6.45) is 0. The SMILES string of the molecule is N#[13C]c1ccc(Cl)c([N+](=O)[O-])c1. The molecule has 1 aromatic rings. The molecule has 0 spiro atoms. The third-order valence-electron chi connectivity index (χ3n) is 1.27. The van der Waals surface area contributed by atoms with Gasteiger partial charge >= 0.3 is 0 Å². The van der Waals surface area contributed by atoms with Crippen LogP contribution in [0.3, 0.4) is 0 Å². The maximum absolute atomic E-state index is 10.3. The van der Waals surface area contributed by atoms with E-state index >= 15 is 0 Å². The molecule has 0 atom stereocenters. The number of nitriles is 1. The number of nitro benzene ring substituents is 1. The second-order valence-electron chi connectivity index (χ2n) is 2.04. The van der Waals surface area contributed by atoms with Crippen molar-refractivity contribution in [2.45, 2.75) is 0 Å². The molecule has 1 rings (SSSR count). The van der Waals surface area contributed by atoms with Crippen molar-refractivity contribution >= 4 is 17.3 Å². The standard InChI is InChI=1S/C7H3ClN2O2/c8-6-2-1-5(4-9)3-7(6)10(11)12/h1-3H/i4+1. The maximum atomic E-state index is 10.3. The van der Waals surface area contributed by atoms with E-state index in [-0.39, 0.29) is 16.3 Å². The Bertz CT molecular complexity index is 370. The molecule has 4 nitrogen and oxygen atoms in total. The van der Waals surface area contributed by atoms with Gasteiger partial charge in [-0.25, -0.2) is 0 Å². The smallest absolute Gasteiger partial charge is 0.258 e. The maximum Gasteiger partial charge on any atom is 0.289 e. The highest BCUT2D eigenvalue weighted by Crippen LogP contribution is 2.24. The van der Waals surface area contributed by atoms with Gasteiger partial charge in [0.1, 0.15) is 5.02 Å². The molecule has 0 amide bonds. The summed E-state index contributed by atoms with van der Waals surface area (Å²) < 4.78 is 0.